The van der Waals surface area contributed by atoms with Crippen LogP contribution in [0.15, 0.2) is 47.9 Å². The fourth-order valence-corrected chi connectivity index (χ4v) is 5.62. The van der Waals surface area contributed by atoms with E-state index in [9.17, 15) is 14.0 Å². The van der Waals surface area contributed by atoms with E-state index in [-0.39, 0.29) is 29.6 Å². The van der Waals surface area contributed by atoms with Crippen LogP contribution in [-0.2, 0) is 16.1 Å². The minimum absolute atomic E-state index is 0.121. The fourth-order valence-electron chi connectivity index (χ4n) is 5.62. The van der Waals surface area contributed by atoms with Crippen LogP contribution in [0, 0.1) is 11.7 Å². The molecule has 2 atom stereocenters. The van der Waals surface area contributed by atoms with Crippen LogP contribution in [0.25, 0.3) is 5.57 Å². The minimum Gasteiger partial charge on any atom is -0.386 e. The molecule has 40 heavy (non-hydrogen) atoms. The van der Waals surface area contributed by atoms with Crippen molar-refractivity contribution in [3.05, 3.63) is 64.9 Å². The van der Waals surface area contributed by atoms with Gasteiger partial charge in [-0.15, -0.1) is 0 Å². The fraction of sp³-hybridized carbons (Fsp3) is 0.548. The summed E-state index contributed by atoms with van der Waals surface area (Å²) in [6.45, 7) is 9.97. The monoisotopic (exact) mass is 552 g/mol. The summed E-state index contributed by atoms with van der Waals surface area (Å²) in [7, 11) is 3.74. The van der Waals surface area contributed by atoms with Crippen LogP contribution < -0.4 is 26.6 Å². The van der Waals surface area contributed by atoms with E-state index < -0.39 is 11.6 Å². The third-order valence-electron chi connectivity index (χ3n) is 7.90. The average Bonchev–Trinajstić information content (AvgIpc) is 3.74. The SMILES string of the molecule is CNC/C(=C\NC(C)(C)C)c1cc(F)cc(CNC(=O)C2C=C(N3CC[C@@](NC)(C4CC4)C(=O)C3)C=C(C)N2)c1. The van der Waals surface area contributed by atoms with Crippen molar-refractivity contribution >= 4 is 17.3 Å². The first-order valence-corrected chi connectivity index (χ1v) is 14.3. The van der Waals surface area contributed by atoms with E-state index in [1.807, 2.05) is 45.4 Å². The zero-order chi connectivity index (χ0) is 29.1. The molecular weight excluding hydrogens is 507 g/mol. The van der Waals surface area contributed by atoms with Crippen molar-refractivity contribution in [1.82, 2.24) is 31.5 Å². The first-order chi connectivity index (χ1) is 18.9. The maximum Gasteiger partial charge on any atom is 0.246 e. The Balaban J connectivity index is 1.43. The Hall–Kier alpha value is -3.17. The number of nitrogens with one attached hydrogen (secondary N) is 5. The Morgan fingerprint density at radius 3 is 2.60 bits per heavy atom. The normalized spacial score (nSPS) is 23.8. The number of amides is 1. The number of allylic oxidation sites excluding steroid dienone is 2. The maximum absolute atomic E-state index is 14.6. The lowest BCUT2D eigenvalue weighted by molar-refractivity contribution is -0.130. The molecule has 0 spiro atoms. The molecule has 1 saturated heterocycles. The van der Waals surface area contributed by atoms with Crippen molar-refractivity contribution in [1.29, 1.82) is 0 Å². The number of ketones is 1. The highest BCUT2D eigenvalue weighted by Gasteiger charge is 2.51. The second kappa shape index (κ2) is 12.1. The predicted octanol–water partition coefficient (Wildman–Crippen LogP) is 2.79. The van der Waals surface area contributed by atoms with Gasteiger partial charge in [-0.2, -0.15) is 0 Å². The van der Waals surface area contributed by atoms with Gasteiger partial charge in [0.2, 0.25) is 5.91 Å². The quantitative estimate of drug-likeness (QED) is 0.305. The molecule has 2 aliphatic heterocycles. The van der Waals surface area contributed by atoms with Crippen molar-refractivity contribution < 1.29 is 14.0 Å². The number of likely N-dealkylation sites (tertiary alicyclic amines) is 1. The van der Waals surface area contributed by atoms with Gasteiger partial charge < -0.3 is 31.5 Å². The molecule has 4 rings (SSSR count). The Morgan fingerprint density at radius 2 is 1.98 bits per heavy atom. The molecule has 0 bridgehead atoms. The largest absolute Gasteiger partial charge is 0.386 e. The van der Waals surface area contributed by atoms with Gasteiger partial charge in [0.25, 0.3) is 0 Å². The van der Waals surface area contributed by atoms with E-state index in [4.69, 9.17) is 0 Å². The number of hydrogen-bond donors (Lipinski definition) is 5. The van der Waals surface area contributed by atoms with Crippen LogP contribution in [0.4, 0.5) is 4.39 Å². The number of carbonyl (C=O) groups excluding carboxylic acids is 2. The number of Topliss-reactive ketones (excluding diaryl/α,β-unsaturated/α-hetero) is 1. The molecule has 0 radical (unpaired) electrons. The first kappa shape index (κ1) is 29.8. The summed E-state index contributed by atoms with van der Waals surface area (Å²) in [6, 6.07) is 4.28. The highest BCUT2D eigenvalue weighted by Crippen LogP contribution is 2.44. The molecule has 9 heteroatoms. The van der Waals surface area contributed by atoms with Gasteiger partial charge in [-0.25, -0.2) is 4.39 Å². The van der Waals surface area contributed by atoms with Gasteiger partial charge in [-0.3, -0.25) is 9.59 Å². The van der Waals surface area contributed by atoms with E-state index in [0.717, 1.165) is 48.3 Å². The van der Waals surface area contributed by atoms with Crippen molar-refractivity contribution in [3.63, 3.8) is 0 Å². The second-order valence-electron chi connectivity index (χ2n) is 12.3. The number of dihydropyridines is 1. The van der Waals surface area contributed by atoms with Crippen molar-refractivity contribution in [2.45, 2.75) is 70.6 Å². The van der Waals surface area contributed by atoms with E-state index in [2.05, 4.69) is 52.3 Å². The molecular formula is C31H45FN6O2. The Kier molecular flexibility index (Phi) is 9.05. The topological polar surface area (TPSA) is 97.5 Å². The third-order valence-corrected chi connectivity index (χ3v) is 7.90. The van der Waals surface area contributed by atoms with Gasteiger partial charge in [0.05, 0.1) is 12.1 Å². The molecule has 3 aliphatic rings. The third kappa shape index (κ3) is 7.12. The molecule has 1 aromatic rings. The van der Waals surface area contributed by atoms with Gasteiger partial charge in [0.15, 0.2) is 5.78 Å². The molecule has 2 fully saturated rings. The molecule has 218 valence electrons. The van der Waals surface area contributed by atoms with Crippen molar-refractivity contribution in [2.24, 2.45) is 5.92 Å². The summed E-state index contributed by atoms with van der Waals surface area (Å²) in [5.41, 5.74) is 3.57. The van der Waals surface area contributed by atoms with Crippen molar-refractivity contribution in [2.75, 3.05) is 33.7 Å². The molecule has 5 N–H and O–H groups in total. The number of benzene rings is 1. The van der Waals surface area contributed by atoms with Gasteiger partial charge in [0, 0.05) is 42.8 Å². The zero-order valence-electron chi connectivity index (χ0n) is 24.7. The van der Waals surface area contributed by atoms with E-state index >= 15 is 0 Å². The lowest BCUT2D eigenvalue weighted by Gasteiger charge is -2.42. The first-order valence-electron chi connectivity index (χ1n) is 14.3. The van der Waals surface area contributed by atoms with Crippen LogP contribution in [0.1, 0.15) is 58.1 Å². The number of hydrogen-bond acceptors (Lipinski definition) is 7. The lowest BCUT2D eigenvalue weighted by atomic mass is 9.81. The van der Waals surface area contributed by atoms with E-state index in [1.165, 1.54) is 12.1 Å². The summed E-state index contributed by atoms with van der Waals surface area (Å²) >= 11 is 0. The molecule has 1 aliphatic carbocycles. The number of nitrogens with zero attached hydrogens (tertiary/aromatic N) is 1. The molecule has 0 aromatic heterocycles. The number of rotatable bonds is 10. The Bertz CT molecular complexity index is 1210. The molecule has 1 unspecified atom stereocenters. The Morgan fingerprint density at radius 1 is 1.23 bits per heavy atom. The Labute approximate surface area is 237 Å². The van der Waals surface area contributed by atoms with E-state index in [0.29, 0.717) is 24.6 Å². The second-order valence-corrected chi connectivity index (χ2v) is 12.3. The zero-order valence-corrected chi connectivity index (χ0v) is 24.7. The molecule has 1 amide bonds. The van der Waals surface area contributed by atoms with Crippen molar-refractivity contribution in [3.8, 4) is 0 Å². The number of likely N-dealkylation sites (N-methyl/N-ethyl adjacent to an activating group) is 2. The highest BCUT2D eigenvalue weighted by molar-refractivity contribution is 5.92. The van der Waals surface area contributed by atoms with Crippen LogP contribution >= 0.6 is 0 Å². The standard InChI is InChI=1S/C31H45FN6O2/c1-20-11-26(38-10-9-31(34-6,24-7-8-24)28(39)19-38)15-27(37-20)29(40)35-16-21-12-22(14-25(32)13-21)23(17-33-5)18-36-30(2,3)4/h11-15,18,24,27,33-34,36-37H,7-10,16-17,19H2,1-6H3,(H,35,40)/b23-18+/t27?,31-/m1/s1. The van der Waals surface area contributed by atoms with Gasteiger partial charge >= 0.3 is 0 Å². The van der Waals surface area contributed by atoms with Crippen LogP contribution in [-0.4, -0.2) is 67.4 Å². The van der Waals surface area contributed by atoms with E-state index in [1.54, 1.807) is 0 Å². The number of halogens is 1. The van der Waals surface area contributed by atoms with Crippen LogP contribution in [0.5, 0.6) is 0 Å². The predicted molar refractivity (Wildman–Crippen MR) is 158 cm³/mol. The summed E-state index contributed by atoms with van der Waals surface area (Å²) in [5.74, 6) is 0.103. The highest BCUT2D eigenvalue weighted by atomic mass is 19.1. The smallest absolute Gasteiger partial charge is 0.246 e. The molecule has 2 heterocycles. The van der Waals surface area contributed by atoms with Gasteiger partial charge in [-0.1, -0.05) is 0 Å². The molecule has 1 aromatic carbocycles. The minimum atomic E-state index is -0.585. The van der Waals surface area contributed by atoms with Gasteiger partial charge in [-0.05, 0) is 114 Å². The van der Waals surface area contributed by atoms with Crippen LogP contribution in [0.3, 0.4) is 0 Å². The molecule has 1 saturated carbocycles. The number of carbonyl (C=O) groups is 2. The summed E-state index contributed by atoms with van der Waals surface area (Å²) in [5, 5.41) is 16.0. The number of piperidine rings is 1. The summed E-state index contributed by atoms with van der Waals surface area (Å²) < 4.78 is 14.6. The summed E-state index contributed by atoms with van der Waals surface area (Å²) in [4.78, 5) is 28.5. The average molecular weight is 553 g/mol. The summed E-state index contributed by atoms with van der Waals surface area (Å²) in [6.07, 6.45) is 8.75. The van der Waals surface area contributed by atoms with Crippen LogP contribution in [0.2, 0.25) is 0 Å². The maximum atomic E-state index is 14.6. The van der Waals surface area contributed by atoms with Gasteiger partial charge in [0.1, 0.15) is 11.9 Å². The lowest BCUT2D eigenvalue weighted by Crippen LogP contribution is -2.60. The molecule has 8 nitrogen and oxygen atoms in total.